The van der Waals surface area contributed by atoms with E-state index in [0.717, 1.165) is 0 Å². The second-order valence-corrected chi connectivity index (χ2v) is 3.59. The van der Waals surface area contributed by atoms with Gasteiger partial charge in [0.2, 0.25) is 0 Å². The molecule has 0 saturated carbocycles. The summed E-state index contributed by atoms with van der Waals surface area (Å²) in [6.07, 6.45) is 5.86. The number of esters is 2. The summed E-state index contributed by atoms with van der Waals surface area (Å²) < 4.78 is 9.75. The predicted octanol–water partition coefficient (Wildman–Crippen LogP) is 1.62. The zero-order chi connectivity index (χ0) is 15.9. The first kappa shape index (κ1) is 18.1. The van der Waals surface area contributed by atoms with E-state index in [4.69, 9.17) is 9.47 Å². The van der Waals surface area contributed by atoms with Crippen LogP contribution in [0.15, 0.2) is 24.3 Å². The maximum atomic E-state index is 10.9. The van der Waals surface area contributed by atoms with E-state index in [-0.39, 0.29) is 6.61 Å². The molecule has 1 atom stereocenters. The predicted molar refractivity (Wildman–Crippen MR) is 79.5 cm³/mol. The van der Waals surface area contributed by atoms with E-state index in [1.807, 2.05) is 0 Å². The van der Waals surface area contributed by atoms with Crippen molar-refractivity contribution < 1.29 is 19.1 Å². The number of carbonyl (C=O) groups excluding carboxylic acids is 2. The minimum Gasteiger partial charge on any atom is -0.462 e. The van der Waals surface area contributed by atoms with Gasteiger partial charge in [-0.3, -0.25) is 9.59 Å². The largest absolute Gasteiger partial charge is 0.462 e. The maximum Gasteiger partial charge on any atom is 0.303 e. The fourth-order valence-corrected chi connectivity index (χ4v) is 1.04. The van der Waals surface area contributed by atoms with Crippen molar-refractivity contribution in [3.05, 3.63) is 24.3 Å². The Hall–Kier alpha value is -2.90. The fraction of sp³-hybridized carbons (Fsp3) is 0.294. The molecule has 0 bridgehead atoms. The van der Waals surface area contributed by atoms with Crippen molar-refractivity contribution in [2.45, 2.75) is 26.9 Å². The third kappa shape index (κ3) is 13.3. The summed E-state index contributed by atoms with van der Waals surface area (Å²) in [5.74, 6) is 14.7. The van der Waals surface area contributed by atoms with Crippen LogP contribution >= 0.6 is 0 Å². The Bertz CT molecular complexity index is 592. The molecule has 0 fully saturated rings. The lowest BCUT2D eigenvalue weighted by molar-refractivity contribution is -0.153. The minimum atomic E-state index is -0.622. The van der Waals surface area contributed by atoms with E-state index in [1.54, 1.807) is 31.2 Å². The Labute approximate surface area is 125 Å². The zero-order valence-electron chi connectivity index (χ0n) is 12.2. The second kappa shape index (κ2) is 12.2. The van der Waals surface area contributed by atoms with Crippen molar-refractivity contribution in [1.82, 2.24) is 0 Å². The standard InChI is InChI=1S/C17H16O4/c1-4-5-6-7-8-9-10-11-12-13-17(21-16(3)19)14-20-15(2)18/h10-13,17H,14H2,1-3H3. The number of hydrogen-bond acceptors (Lipinski definition) is 4. The monoisotopic (exact) mass is 284 g/mol. The van der Waals surface area contributed by atoms with Gasteiger partial charge in [-0.1, -0.05) is 24.0 Å². The third-order valence-corrected chi connectivity index (χ3v) is 1.77. The van der Waals surface area contributed by atoms with Crippen LogP contribution in [-0.2, 0) is 19.1 Å². The van der Waals surface area contributed by atoms with Gasteiger partial charge in [0.25, 0.3) is 0 Å². The van der Waals surface area contributed by atoms with Gasteiger partial charge >= 0.3 is 11.9 Å². The van der Waals surface area contributed by atoms with Gasteiger partial charge in [-0.15, -0.1) is 0 Å². The van der Waals surface area contributed by atoms with Crippen LogP contribution in [0.1, 0.15) is 20.8 Å². The summed E-state index contributed by atoms with van der Waals surface area (Å²) in [5.41, 5.74) is 0. The molecule has 0 amide bonds. The summed E-state index contributed by atoms with van der Waals surface area (Å²) in [7, 11) is 0. The highest BCUT2D eigenvalue weighted by Crippen LogP contribution is 1.98. The second-order valence-electron chi connectivity index (χ2n) is 3.59. The lowest BCUT2D eigenvalue weighted by atomic mass is 10.3. The number of allylic oxidation sites excluding steroid dienone is 3. The number of carbonyl (C=O) groups is 2. The van der Waals surface area contributed by atoms with Crippen LogP contribution in [0.4, 0.5) is 0 Å². The molecule has 0 aliphatic carbocycles. The molecule has 0 radical (unpaired) electrons. The van der Waals surface area contributed by atoms with Gasteiger partial charge in [-0.2, -0.15) is 0 Å². The Kier molecular flexibility index (Phi) is 10.5. The van der Waals surface area contributed by atoms with Gasteiger partial charge < -0.3 is 9.47 Å². The van der Waals surface area contributed by atoms with Crippen LogP contribution < -0.4 is 0 Å². The summed E-state index contributed by atoms with van der Waals surface area (Å²) in [6.45, 7) is 4.25. The number of rotatable bonds is 5. The molecular formula is C17H16O4. The lowest BCUT2D eigenvalue weighted by Crippen LogP contribution is -2.21. The van der Waals surface area contributed by atoms with E-state index in [0.29, 0.717) is 0 Å². The third-order valence-electron chi connectivity index (χ3n) is 1.77. The van der Waals surface area contributed by atoms with Crippen molar-refractivity contribution in [2.24, 2.45) is 0 Å². The SMILES string of the molecule is CC#CC#CC#CC=CC=CC(COC(C)=O)OC(C)=O. The molecule has 0 spiro atoms. The van der Waals surface area contributed by atoms with Gasteiger partial charge in [-0.25, -0.2) is 0 Å². The summed E-state index contributed by atoms with van der Waals surface area (Å²) >= 11 is 0. The van der Waals surface area contributed by atoms with Crippen molar-refractivity contribution >= 4 is 11.9 Å². The molecule has 0 aliphatic rings. The fourth-order valence-electron chi connectivity index (χ4n) is 1.04. The quantitative estimate of drug-likeness (QED) is 0.437. The Balaban J connectivity index is 4.41. The first-order valence-electron chi connectivity index (χ1n) is 6.12. The Morgan fingerprint density at radius 1 is 1.05 bits per heavy atom. The molecule has 21 heavy (non-hydrogen) atoms. The molecule has 0 N–H and O–H groups in total. The maximum absolute atomic E-state index is 10.9. The Morgan fingerprint density at radius 3 is 2.38 bits per heavy atom. The van der Waals surface area contributed by atoms with Crippen molar-refractivity contribution in [2.75, 3.05) is 6.61 Å². The van der Waals surface area contributed by atoms with Crippen molar-refractivity contribution in [1.29, 1.82) is 0 Å². The van der Waals surface area contributed by atoms with E-state index in [9.17, 15) is 9.59 Å². The van der Waals surface area contributed by atoms with Crippen LogP contribution in [0.2, 0.25) is 0 Å². The van der Waals surface area contributed by atoms with Crippen molar-refractivity contribution in [3.8, 4) is 35.5 Å². The molecule has 0 heterocycles. The van der Waals surface area contributed by atoms with Gasteiger partial charge in [0.1, 0.15) is 6.61 Å². The average molecular weight is 284 g/mol. The lowest BCUT2D eigenvalue weighted by Gasteiger charge is -2.12. The molecule has 4 heteroatoms. The summed E-state index contributed by atoms with van der Waals surface area (Å²) in [4.78, 5) is 21.6. The first-order valence-corrected chi connectivity index (χ1v) is 6.12. The molecule has 0 aromatic heterocycles. The van der Waals surface area contributed by atoms with E-state index >= 15 is 0 Å². The van der Waals surface area contributed by atoms with Crippen LogP contribution in [0.3, 0.4) is 0 Å². The molecule has 0 aliphatic heterocycles. The van der Waals surface area contributed by atoms with E-state index in [1.165, 1.54) is 13.8 Å². The highest BCUT2D eigenvalue weighted by atomic mass is 16.6. The van der Waals surface area contributed by atoms with Gasteiger partial charge in [-0.05, 0) is 42.8 Å². The topological polar surface area (TPSA) is 52.6 Å². The molecule has 1 unspecified atom stereocenters. The van der Waals surface area contributed by atoms with Gasteiger partial charge in [0.05, 0.1) is 0 Å². The number of hydrogen-bond donors (Lipinski definition) is 0. The number of ether oxygens (including phenoxy) is 2. The molecule has 0 aromatic carbocycles. The van der Waals surface area contributed by atoms with Gasteiger partial charge in [0.15, 0.2) is 6.10 Å². The zero-order valence-corrected chi connectivity index (χ0v) is 12.2. The highest BCUT2D eigenvalue weighted by Gasteiger charge is 2.09. The smallest absolute Gasteiger partial charge is 0.303 e. The van der Waals surface area contributed by atoms with Crippen LogP contribution in [0.5, 0.6) is 0 Å². The minimum absolute atomic E-state index is 0.0217. The molecule has 0 rings (SSSR count). The van der Waals surface area contributed by atoms with E-state index < -0.39 is 18.0 Å². The first-order chi connectivity index (χ1) is 10.1. The molecule has 0 aromatic rings. The van der Waals surface area contributed by atoms with Crippen LogP contribution in [0, 0.1) is 35.5 Å². The molecule has 0 saturated heterocycles. The van der Waals surface area contributed by atoms with Crippen molar-refractivity contribution in [3.63, 3.8) is 0 Å². The highest BCUT2D eigenvalue weighted by molar-refractivity contribution is 5.67. The molecular weight excluding hydrogens is 268 g/mol. The average Bonchev–Trinajstić information content (AvgIpc) is 2.42. The summed E-state index contributed by atoms with van der Waals surface area (Å²) in [6, 6.07) is 0. The van der Waals surface area contributed by atoms with Gasteiger partial charge in [0, 0.05) is 13.8 Å². The molecule has 108 valence electrons. The van der Waals surface area contributed by atoms with Crippen LogP contribution in [0.25, 0.3) is 0 Å². The molecule has 4 nitrogen and oxygen atoms in total. The normalized spacial score (nSPS) is 10.4. The van der Waals surface area contributed by atoms with E-state index in [2.05, 4.69) is 35.5 Å². The Morgan fingerprint density at radius 2 is 1.76 bits per heavy atom. The summed E-state index contributed by atoms with van der Waals surface area (Å²) in [5, 5.41) is 0. The van der Waals surface area contributed by atoms with Crippen LogP contribution in [-0.4, -0.2) is 24.6 Å².